The third kappa shape index (κ3) is 1.97. The Morgan fingerprint density at radius 1 is 1.57 bits per heavy atom. The first-order chi connectivity index (χ1) is 8.00. The van der Waals surface area contributed by atoms with Gasteiger partial charge in [-0.05, 0) is 24.8 Å². The van der Waals surface area contributed by atoms with Gasteiger partial charge in [0, 0.05) is 31.0 Å². The van der Waals surface area contributed by atoms with Crippen LogP contribution in [0.15, 0.2) is 18.3 Å². The lowest BCUT2D eigenvalue weighted by Crippen LogP contribution is -2.33. The maximum Gasteiger partial charge on any atom is 0.130 e. The molecule has 0 spiro atoms. The Morgan fingerprint density at radius 3 is 3.00 bits per heavy atom. The van der Waals surface area contributed by atoms with Crippen LogP contribution in [0.5, 0.6) is 0 Å². The van der Waals surface area contributed by atoms with E-state index in [0.717, 1.165) is 25.9 Å². The SMILES string of the molecule is [2H]c1nc(N2CCC(C)CC2)c([2H])c(N)c1[2H]. The number of nitrogens with zero attached hydrogens (tertiary/aromatic N) is 2. The van der Waals surface area contributed by atoms with E-state index in [1.807, 2.05) is 4.90 Å². The summed E-state index contributed by atoms with van der Waals surface area (Å²) in [5, 5.41) is 0. The maximum absolute atomic E-state index is 7.89. The molecule has 0 unspecified atom stereocenters. The van der Waals surface area contributed by atoms with Gasteiger partial charge in [-0.25, -0.2) is 4.98 Å². The van der Waals surface area contributed by atoms with Crippen LogP contribution in [-0.4, -0.2) is 18.1 Å². The summed E-state index contributed by atoms with van der Waals surface area (Å²) >= 11 is 0. The van der Waals surface area contributed by atoms with Crippen molar-refractivity contribution in [3.05, 3.63) is 18.3 Å². The average molecular weight is 194 g/mol. The summed E-state index contributed by atoms with van der Waals surface area (Å²) in [5.74, 6) is 1.15. The number of nitrogens with two attached hydrogens (primary N) is 1. The monoisotopic (exact) mass is 194 g/mol. The van der Waals surface area contributed by atoms with E-state index < -0.39 is 0 Å². The van der Waals surface area contributed by atoms with Crippen molar-refractivity contribution in [1.29, 1.82) is 0 Å². The third-order valence-electron chi connectivity index (χ3n) is 2.68. The van der Waals surface area contributed by atoms with Crippen LogP contribution < -0.4 is 10.6 Å². The number of pyridine rings is 1. The van der Waals surface area contributed by atoms with Crippen molar-refractivity contribution < 1.29 is 4.11 Å². The van der Waals surface area contributed by atoms with Crippen LogP contribution in [0.1, 0.15) is 23.9 Å². The van der Waals surface area contributed by atoms with Crippen molar-refractivity contribution in [2.75, 3.05) is 23.7 Å². The molecule has 0 bridgehead atoms. The quantitative estimate of drug-likeness (QED) is 0.742. The minimum Gasteiger partial charge on any atom is -0.399 e. The van der Waals surface area contributed by atoms with Crippen LogP contribution in [0, 0.1) is 5.92 Å². The second-order valence-electron chi connectivity index (χ2n) is 3.88. The maximum atomic E-state index is 7.89. The molecule has 14 heavy (non-hydrogen) atoms. The molecule has 2 rings (SSSR count). The number of anilines is 2. The number of hydrogen-bond acceptors (Lipinski definition) is 3. The molecule has 76 valence electrons. The lowest BCUT2D eigenvalue weighted by molar-refractivity contribution is 0.436. The van der Waals surface area contributed by atoms with Crippen LogP contribution in [-0.2, 0) is 0 Å². The molecule has 0 aromatic carbocycles. The molecule has 1 saturated heterocycles. The van der Waals surface area contributed by atoms with Gasteiger partial charge < -0.3 is 10.6 Å². The highest BCUT2D eigenvalue weighted by Gasteiger charge is 2.16. The predicted octanol–water partition coefficient (Wildman–Crippen LogP) is 1.90. The van der Waals surface area contributed by atoms with E-state index in [9.17, 15) is 0 Å². The minimum absolute atomic E-state index is 0.0543. The summed E-state index contributed by atoms with van der Waals surface area (Å²) < 4.78 is 23.0. The molecule has 0 atom stereocenters. The Hall–Kier alpha value is -1.25. The zero-order valence-electron chi connectivity index (χ0n) is 11.4. The molecule has 1 aromatic rings. The van der Waals surface area contributed by atoms with Crippen molar-refractivity contribution in [2.24, 2.45) is 5.92 Å². The number of hydrogen-bond donors (Lipinski definition) is 1. The fourth-order valence-corrected chi connectivity index (χ4v) is 1.69. The van der Waals surface area contributed by atoms with E-state index in [1.54, 1.807) is 0 Å². The van der Waals surface area contributed by atoms with E-state index in [1.165, 1.54) is 0 Å². The second-order valence-corrected chi connectivity index (χ2v) is 3.88. The fraction of sp³-hybridized carbons (Fsp3) is 0.545. The van der Waals surface area contributed by atoms with Crippen LogP contribution in [0.4, 0.5) is 11.5 Å². The first-order valence-corrected chi connectivity index (χ1v) is 4.99. The van der Waals surface area contributed by atoms with Crippen LogP contribution in [0.25, 0.3) is 0 Å². The number of rotatable bonds is 1. The largest absolute Gasteiger partial charge is 0.399 e. The molecule has 0 aliphatic carbocycles. The smallest absolute Gasteiger partial charge is 0.130 e. The fourth-order valence-electron chi connectivity index (χ4n) is 1.69. The molecule has 2 N–H and O–H groups in total. The van der Waals surface area contributed by atoms with Gasteiger partial charge in [0.1, 0.15) is 5.82 Å². The van der Waals surface area contributed by atoms with Gasteiger partial charge in [-0.3, -0.25) is 0 Å². The van der Waals surface area contributed by atoms with Crippen LogP contribution >= 0.6 is 0 Å². The van der Waals surface area contributed by atoms with Gasteiger partial charge in [-0.2, -0.15) is 0 Å². The van der Waals surface area contributed by atoms with Crippen molar-refractivity contribution >= 4 is 11.5 Å². The Balaban J connectivity index is 2.33. The zero-order valence-corrected chi connectivity index (χ0v) is 8.38. The van der Waals surface area contributed by atoms with Gasteiger partial charge in [0.25, 0.3) is 0 Å². The molecule has 3 nitrogen and oxygen atoms in total. The first kappa shape index (κ1) is 6.27. The van der Waals surface area contributed by atoms with Gasteiger partial charge in [0.05, 0.1) is 4.11 Å². The minimum atomic E-state index is -0.149. The lowest BCUT2D eigenvalue weighted by atomic mass is 9.99. The van der Waals surface area contributed by atoms with E-state index in [4.69, 9.17) is 9.85 Å². The lowest BCUT2D eigenvalue weighted by Gasteiger charge is -2.31. The van der Waals surface area contributed by atoms with Gasteiger partial charge >= 0.3 is 0 Å². The summed E-state index contributed by atoms with van der Waals surface area (Å²) in [4.78, 5) is 6.02. The summed E-state index contributed by atoms with van der Waals surface area (Å²) in [6, 6.07) is -0.0651. The van der Waals surface area contributed by atoms with E-state index in [-0.39, 0.29) is 23.9 Å². The van der Waals surface area contributed by atoms with Crippen molar-refractivity contribution in [2.45, 2.75) is 19.8 Å². The highest BCUT2D eigenvalue weighted by molar-refractivity contribution is 5.50. The highest BCUT2D eigenvalue weighted by Crippen LogP contribution is 2.21. The normalized spacial score (nSPS) is 21.5. The molecule has 1 aliphatic heterocycles. The third-order valence-corrected chi connectivity index (χ3v) is 2.68. The highest BCUT2D eigenvalue weighted by atomic mass is 15.2. The standard InChI is InChI=1S/C11H17N3/c1-9-3-6-14(7-4-9)11-8-10(12)2-5-13-11/h2,5,8-9H,3-4,6-7H2,1H3,(H2,12,13)/i2D,5D,8D. The van der Waals surface area contributed by atoms with Gasteiger partial charge in [-0.15, -0.1) is 0 Å². The Kier molecular flexibility index (Phi) is 1.73. The van der Waals surface area contributed by atoms with Crippen molar-refractivity contribution in [3.63, 3.8) is 0 Å². The summed E-state index contributed by atoms with van der Waals surface area (Å²) in [6.07, 6.45) is 1.99. The Morgan fingerprint density at radius 2 is 2.29 bits per heavy atom. The van der Waals surface area contributed by atoms with E-state index in [0.29, 0.717) is 11.7 Å². The van der Waals surface area contributed by atoms with E-state index in [2.05, 4.69) is 11.9 Å². The van der Waals surface area contributed by atoms with Gasteiger partial charge in [-0.1, -0.05) is 6.92 Å². The van der Waals surface area contributed by atoms with Gasteiger partial charge in [0.2, 0.25) is 0 Å². The van der Waals surface area contributed by atoms with Crippen molar-refractivity contribution in [1.82, 2.24) is 4.98 Å². The van der Waals surface area contributed by atoms with E-state index >= 15 is 0 Å². The van der Waals surface area contributed by atoms with Crippen molar-refractivity contribution in [3.8, 4) is 0 Å². The van der Waals surface area contributed by atoms with Crippen LogP contribution in [0.2, 0.25) is 0 Å². The predicted molar refractivity (Wildman–Crippen MR) is 59.3 cm³/mol. The topological polar surface area (TPSA) is 42.2 Å². The molecule has 1 aliphatic rings. The molecule has 3 heteroatoms. The number of nitrogen functional groups attached to an aromatic ring is 1. The summed E-state index contributed by atoms with van der Waals surface area (Å²) in [7, 11) is 0. The number of aromatic nitrogens is 1. The molecule has 0 saturated carbocycles. The molecular formula is C11H17N3. The Bertz CT molecular complexity index is 428. The molecule has 0 radical (unpaired) electrons. The Labute approximate surface area is 89.1 Å². The van der Waals surface area contributed by atoms with Crippen LogP contribution in [0.3, 0.4) is 0 Å². The molecule has 1 aromatic heterocycles. The molecule has 1 fully saturated rings. The molecule has 0 amide bonds. The van der Waals surface area contributed by atoms with Gasteiger partial charge in [0.15, 0.2) is 0 Å². The average Bonchev–Trinajstić information content (AvgIpc) is 2.32. The number of piperidine rings is 1. The molecule has 2 heterocycles. The zero-order chi connectivity index (χ0) is 12.6. The second kappa shape index (κ2) is 3.86. The summed E-state index contributed by atoms with van der Waals surface area (Å²) in [6.45, 7) is 3.90. The summed E-state index contributed by atoms with van der Waals surface area (Å²) in [5.41, 5.74) is 5.71. The molecular weight excluding hydrogens is 174 g/mol. The first-order valence-electron chi connectivity index (χ1n) is 6.49.